The molecule has 1 aliphatic rings. The van der Waals surface area contributed by atoms with Crippen LogP contribution in [0.5, 0.6) is 5.75 Å². The van der Waals surface area contributed by atoms with E-state index >= 15 is 0 Å². The van der Waals surface area contributed by atoms with Crippen LogP contribution in [0.2, 0.25) is 0 Å². The van der Waals surface area contributed by atoms with Gasteiger partial charge < -0.3 is 24.8 Å². The summed E-state index contributed by atoms with van der Waals surface area (Å²) in [4.78, 5) is 13.7. The summed E-state index contributed by atoms with van der Waals surface area (Å²) in [5.41, 5.74) is 0. The van der Waals surface area contributed by atoms with Crippen molar-refractivity contribution in [2.24, 2.45) is 0 Å². The van der Waals surface area contributed by atoms with Gasteiger partial charge in [-0.2, -0.15) is 0 Å². The predicted octanol–water partition coefficient (Wildman–Crippen LogP) is 0.857. The van der Waals surface area contributed by atoms with Crippen LogP contribution in [-0.2, 0) is 4.74 Å². The monoisotopic (exact) mass is 294 g/mol. The largest absolute Gasteiger partial charge is 0.489 e. The Labute approximate surface area is 124 Å². The number of morpholine rings is 1. The molecule has 1 heterocycles. The number of aliphatic hydroxyl groups excluding tert-OH is 1. The molecule has 1 saturated heterocycles. The highest BCUT2D eigenvalue weighted by Crippen LogP contribution is 2.10. The number of hydrogen-bond donors (Lipinski definition) is 2. The summed E-state index contributed by atoms with van der Waals surface area (Å²) in [6.45, 7) is 3.66. The van der Waals surface area contributed by atoms with Gasteiger partial charge in [0.1, 0.15) is 11.9 Å². The van der Waals surface area contributed by atoms with Crippen LogP contribution in [0, 0.1) is 0 Å². The van der Waals surface area contributed by atoms with Crippen molar-refractivity contribution >= 4 is 6.03 Å². The fourth-order valence-electron chi connectivity index (χ4n) is 2.13. The van der Waals surface area contributed by atoms with Gasteiger partial charge in [-0.25, -0.2) is 4.79 Å². The van der Waals surface area contributed by atoms with E-state index in [1.807, 2.05) is 37.3 Å². The Morgan fingerprint density at radius 3 is 3.00 bits per heavy atom. The summed E-state index contributed by atoms with van der Waals surface area (Å²) in [7, 11) is 0. The van der Waals surface area contributed by atoms with Crippen LogP contribution in [0.3, 0.4) is 0 Å². The Bertz CT molecular complexity index is 441. The average Bonchev–Trinajstić information content (AvgIpc) is 2.53. The van der Waals surface area contributed by atoms with E-state index in [0.29, 0.717) is 26.2 Å². The molecule has 6 nitrogen and oxygen atoms in total. The summed E-state index contributed by atoms with van der Waals surface area (Å²) in [5, 5.41) is 11.9. The number of urea groups is 1. The van der Waals surface area contributed by atoms with Gasteiger partial charge in [0.25, 0.3) is 0 Å². The lowest BCUT2D eigenvalue weighted by Crippen LogP contribution is -2.51. The van der Waals surface area contributed by atoms with Crippen molar-refractivity contribution in [3.05, 3.63) is 30.3 Å². The molecule has 0 spiro atoms. The van der Waals surface area contributed by atoms with Crippen molar-refractivity contribution in [2.75, 3.05) is 32.8 Å². The fraction of sp³-hybridized carbons (Fsp3) is 0.533. The number of para-hydroxylation sites is 1. The molecule has 2 N–H and O–H groups in total. The van der Waals surface area contributed by atoms with Gasteiger partial charge in [0, 0.05) is 6.54 Å². The van der Waals surface area contributed by atoms with Crippen LogP contribution in [0.1, 0.15) is 6.92 Å². The zero-order valence-corrected chi connectivity index (χ0v) is 12.2. The number of hydrogen-bond acceptors (Lipinski definition) is 4. The van der Waals surface area contributed by atoms with E-state index in [2.05, 4.69) is 5.32 Å². The zero-order valence-electron chi connectivity index (χ0n) is 12.2. The molecule has 116 valence electrons. The van der Waals surface area contributed by atoms with Gasteiger partial charge in [0.05, 0.1) is 32.4 Å². The molecule has 1 aliphatic heterocycles. The Hall–Kier alpha value is -1.79. The first-order valence-electron chi connectivity index (χ1n) is 7.16. The van der Waals surface area contributed by atoms with Crippen LogP contribution in [0.15, 0.2) is 30.3 Å². The molecule has 2 unspecified atom stereocenters. The molecule has 1 fully saturated rings. The second-order valence-electron chi connectivity index (χ2n) is 5.05. The van der Waals surface area contributed by atoms with Crippen molar-refractivity contribution in [2.45, 2.75) is 19.1 Å². The highest BCUT2D eigenvalue weighted by Gasteiger charge is 2.23. The third kappa shape index (κ3) is 4.91. The number of carbonyl (C=O) groups excluding carboxylic acids is 1. The standard InChI is InChI=1S/C15H22N2O4/c1-12(21-13-5-3-2-4-6-13)9-16-15(19)17-7-8-20-14(10-17)11-18/h2-6,12,14,18H,7-11H2,1H3,(H,16,19). The number of amides is 2. The van der Waals surface area contributed by atoms with E-state index in [0.717, 1.165) is 5.75 Å². The van der Waals surface area contributed by atoms with Gasteiger partial charge in [-0.05, 0) is 19.1 Å². The van der Waals surface area contributed by atoms with E-state index in [4.69, 9.17) is 14.6 Å². The van der Waals surface area contributed by atoms with Crippen molar-refractivity contribution in [1.82, 2.24) is 10.2 Å². The molecule has 2 rings (SSSR count). The molecule has 0 aromatic heterocycles. The van der Waals surface area contributed by atoms with Crippen LogP contribution >= 0.6 is 0 Å². The molecule has 0 radical (unpaired) electrons. The van der Waals surface area contributed by atoms with Crippen LogP contribution in [0.4, 0.5) is 4.79 Å². The minimum Gasteiger partial charge on any atom is -0.489 e. The number of nitrogens with one attached hydrogen (secondary N) is 1. The van der Waals surface area contributed by atoms with Crippen molar-refractivity contribution in [3.63, 3.8) is 0 Å². The molecular formula is C15H22N2O4. The average molecular weight is 294 g/mol. The van der Waals surface area contributed by atoms with E-state index in [9.17, 15) is 4.79 Å². The molecule has 21 heavy (non-hydrogen) atoms. The Morgan fingerprint density at radius 2 is 2.29 bits per heavy atom. The smallest absolute Gasteiger partial charge is 0.317 e. The third-order valence-corrected chi connectivity index (χ3v) is 3.25. The lowest BCUT2D eigenvalue weighted by molar-refractivity contribution is -0.0404. The highest BCUT2D eigenvalue weighted by atomic mass is 16.5. The number of carbonyl (C=O) groups is 1. The zero-order chi connectivity index (χ0) is 15.1. The summed E-state index contributed by atoms with van der Waals surface area (Å²) >= 11 is 0. The SMILES string of the molecule is CC(CNC(=O)N1CCOC(CO)C1)Oc1ccccc1. The number of nitrogens with zero attached hydrogens (tertiary/aromatic N) is 1. The number of ether oxygens (including phenoxy) is 2. The molecule has 1 aromatic rings. The van der Waals surface area contributed by atoms with E-state index in [1.165, 1.54) is 0 Å². The molecule has 0 bridgehead atoms. The Kier molecular flexibility index (Phi) is 5.83. The van der Waals surface area contributed by atoms with Crippen LogP contribution in [0.25, 0.3) is 0 Å². The van der Waals surface area contributed by atoms with Gasteiger partial charge in [-0.15, -0.1) is 0 Å². The van der Waals surface area contributed by atoms with E-state index < -0.39 is 0 Å². The van der Waals surface area contributed by atoms with Crippen molar-refractivity contribution in [3.8, 4) is 5.75 Å². The van der Waals surface area contributed by atoms with Crippen LogP contribution in [-0.4, -0.2) is 61.1 Å². The number of benzene rings is 1. The topological polar surface area (TPSA) is 71.0 Å². The molecule has 2 amide bonds. The van der Waals surface area contributed by atoms with Crippen LogP contribution < -0.4 is 10.1 Å². The Balaban J connectivity index is 1.73. The minimum absolute atomic E-state index is 0.0721. The molecule has 6 heteroatoms. The minimum atomic E-state index is -0.289. The summed E-state index contributed by atoms with van der Waals surface area (Å²) in [6.07, 6.45) is -0.409. The van der Waals surface area contributed by atoms with E-state index in [-0.39, 0.29) is 24.8 Å². The summed E-state index contributed by atoms with van der Waals surface area (Å²) in [6, 6.07) is 9.35. The van der Waals surface area contributed by atoms with Gasteiger partial charge in [0.2, 0.25) is 0 Å². The molecule has 0 aliphatic carbocycles. The first kappa shape index (κ1) is 15.6. The first-order valence-corrected chi connectivity index (χ1v) is 7.16. The van der Waals surface area contributed by atoms with Gasteiger partial charge in [-0.3, -0.25) is 0 Å². The molecule has 2 atom stereocenters. The van der Waals surface area contributed by atoms with E-state index in [1.54, 1.807) is 4.90 Å². The lowest BCUT2D eigenvalue weighted by Gasteiger charge is -2.32. The Morgan fingerprint density at radius 1 is 1.52 bits per heavy atom. The second kappa shape index (κ2) is 7.85. The maximum absolute atomic E-state index is 12.0. The highest BCUT2D eigenvalue weighted by molar-refractivity contribution is 5.74. The normalized spacial score (nSPS) is 19.9. The molecular weight excluding hydrogens is 272 g/mol. The molecule has 1 aromatic carbocycles. The number of rotatable bonds is 5. The third-order valence-electron chi connectivity index (χ3n) is 3.25. The maximum Gasteiger partial charge on any atom is 0.317 e. The van der Waals surface area contributed by atoms with Gasteiger partial charge >= 0.3 is 6.03 Å². The number of aliphatic hydroxyl groups is 1. The summed E-state index contributed by atoms with van der Waals surface area (Å²) < 4.78 is 11.0. The maximum atomic E-state index is 12.0. The second-order valence-corrected chi connectivity index (χ2v) is 5.05. The fourth-order valence-corrected chi connectivity index (χ4v) is 2.13. The first-order chi connectivity index (χ1) is 10.2. The van der Waals surface area contributed by atoms with Gasteiger partial charge in [0.15, 0.2) is 0 Å². The van der Waals surface area contributed by atoms with Crippen molar-refractivity contribution < 1.29 is 19.4 Å². The predicted molar refractivity (Wildman–Crippen MR) is 78.3 cm³/mol. The van der Waals surface area contributed by atoms with Gasteiger partial charge in [-0.1, -0.05) is 18.2 Å². The van der Waals surface area contributed by atoms with Crippen molar-refractivity contribution in [1.29, 1.82) is 0 Å². The molecule has 0 saturated carbocycles. The quantitative estimate of drug-likeness (QED) is 0.845. The summed E-state index contributed by atoms with van der Waals surface area (Å²) in [5.74, 6) is 0.783. The lowest BCUT2D eigenvalue weighted by atomic mass is 10.3.